The molecule has 1 aliphatic rings. The van der Waals surface area contributed by atoms with Gasteiger partial charge in [-0.2, -0.15) is 0 Å². The second-order valence-electron chi connectivity index (χ2n) is 5.21. The Morgan fingerprint density at radius 3 is 2.87 bits per heavy atom. The molecule has 2 aromatic heterocycles. The summed E-state index contributed by atoms with van der Waals surface area (Å²) in [5.74, 6) is -0.352. The molecule has 120 valence electrons. The Bertz CT molecular complexity index is 744. The Kier molecular flexibility index (Phi) is 3.70. The summed E-state index contributed by atoms with van der Waals surface area (Å²) in [5, 5.41) is 12.6. The molecule has 0 saturated carbocycles. The highest BCUT2D eigenvalue weighted by atomic mass is 16.3. The number of amides is 2. The van der Waals surface area contributed by atoms with Gasteiger partial charge in [0.15, 0.2) is 11.5 Å². The number of imidazole rings is 1. The van der Waals surface area contributed by atoms with Crippen molar-refractivity contribution in [2.75, 3.05) is 24.3 Å². The summed E-state index contributed by atoms with van der Waals surface area (Å²) in [7, 11) is 3.11. The summed E-state index contributed by atoms with van der Waals surface area (Å²) in [6, 6.07) is 3.43. The molecule has 0 spiro atoms. The summed E-state index contributed by atoms with van der Waals surface area (Å²) in [6.45, 7) is -0.0687. The monoisotopic (exact) mass is 316 g/mol. The molecule has 9 nitrogen and oxygen atoms in total. The van der Waals surface area contributed by atoms with Crippen LogP contribution in [0, 0.1) is 0 Å². The summed E-state index contributed by atoms with van der Waals surface area (Å²) in [5.41, 5.74) is 0.837. The Morgan fingerprint density at radius 1 is 1.39 bits per heavy atom. The third kappa shape index (κ3) is 2.61. The topological polar surface area (TPSA) is 104 Å². The van der Waals surface area contributed by atoms with Crippen LogP contribution in [0.1, 0.15) is 10.5 Å². The van der Waals surface area contributed by atoms with Gasteiger partial charge in [-0.15, -0.1) is 0 Å². The zero-order chi connectivity index (χ0) is 16.6. The number of anilines is 2. The van der Waals surface area contributed by atoms with Gasteiger partial charge in [0.2, 0.25) is 12.3 Å². The third-order valence-electron chi connectivity index (χ3n) is 3.63. The zero-order valence-corrected chi connectivity index (χ0v) is 12.7. The van der Waals surface area contributed by atoms with Gasteiger partial charge in [0.05, 0.1) is 18.2 Å². The van der Waals surface area contributed by atoms with E-state index in [0.717, 1.165) is 0 Å². The first-order chi connectivity index (χ1) is 11.0. The van der Waals surface area contributed by atoms with Crippen LogP contribution in [0.5, 0.6) is 0 Å². The van der Waals surface area contributed by atoms with E-state index in [0.29, 0.717) is 11.5 Å². The summed E-state index contributed by atoms with van der Waals surface area (Å²) < 4.78 is 1.46. The van der Waals surface area contributed by atoms with Crippen LogP contribution in [0.2, 0.25) is 0 Å². The first kappa shape index (κ1) is 15.0. The first-order valence-corrected chi connectivity index (χ1v) is 6.92. The second-order valence-corrected chi connectivity index (χ2v) is 5.21. The van der Waals surface area contributed by atoms with Gasteiger partial charge in [-0.1, -0.05) is 0 Å². The van der Waals surface area contributed by atoms with Crippen LogP contribution in [0.15, 0.2) is 30.9 Å². The van der Waals surface area contributed by atoms with Crippen molar-refractivity contribution in [1.82, 2.24) is 19.4 Å². The number of aromatic nitrogens is 3. The minimum atomic E-state index is -1.08. The molecule has 0 fully saturated rings. The van der Waals surface area contributed by atoms with E-state index in [1.54, 1.807) is 25.4 Å². The van der Waals surface area contributed by atoms with Gasteiger partial charge >= 0.3 is 0 Å². The van der Waals surface area contributed by atoms with Gasteiger partial charge in [-0.25, -0.2) is 4.98 Å². The van der Waals surface area contributed by atoms with Gasteiger partial charge in [0.1, 0.15) is 6.54 Å². The van der Waals surface area contributed by atoms with E-state index >= 15 is 0 Å². The molecule has 2 aromatic rings. The average Bonchev–Trinajstić information content (AvgIpc) is 2.95. The lowest BCUT2D eigenvalue weighted by Gasteiger charge is -2.36. The highest BCUT2D eigenvalue weighted by Crippen LogP contribution is 2.26. The minimum absolute atomic E-state index is 0.0687. The van der Waals surface area contributed by atoms with Gasteiger partial charge < -0.3 is 19.9 Å². The van der Waals surface area contributed by atoms with Crippen LogP contribution >= 0.6 is 0 Å². The molecular weight excluding hydrogens is 300 g/mol. The van der Waals surface area contributed by atoms with Crippen LogP contribution in [-0.4, -0.2) is 56.8 Å². The van der Waals surface area contributed by atoms with Crippen LogP contribution in [0.25, 0.3) is 0 Å². The summed E-state index contributed by atoms with van der Waals surface area (Å²) in [4.78, 5) is 35.1. The highest BCUT2D eigenvalue weighted by Gasteiger charge is 2.36. The average molecular weight is 316 g/mol. The van der Waals surface area contributed by atoms with Crippen molar-refractivity contribution in [1.29, 1.82) is 0 Å². The number of fused-ring (bicyclic) bond motifs is 1. The molecule has 1 atom stereocenters. The number of aliphatic hydroxyl groups is 1. The molecule has 2 amide bonds. The quantitative estimate of drug-likeness (QED) is 0.807. The summed E-state index contributed by atoms with van der Waals surface area (Å²) >= 11 is 0. The maximum absolute atomic E-state index is 12.3. The number of aliphatic hydroxyl groups excluding tert-OH is 1. The molecule has 9 heteroatoms. The minimum Gasteiger partial charge on any atom is -0.356 e. The number of pyridine rings is 1. The predicted molar refractivity (Wildman–Crippen MR) is 81.6 cm³/mol. The van der Waals surface area contributed by atoms with E-state index in [9.17, 15) is 14.7 Å². The van der Waals surface area contributed by atoms with Crippen molar-refractivity contribution in [2.45, 2.75) is 12.9 Å². The molecule has 0 aromatic carbocycles. The second kappa shape index (κ2) is 5.69. The normalized spacial score (nSPS) is 17.2. The fourth-order valence-electron chi connectivity index (χ4n) is 2.40. The van der Waals surface area contributed by atoms with E-state index in [2.05, 4.69) is 15.3 Å². The molecule has 0 saturated heterocycles. The molecule has 0 aliphatic carbocycles. The molecule has 23 heavy (non-hydrogen) atoms. The smallest absolute Gasteiger partial charge is 0.277 e. The number of hydrogen-bond donors (Lipinski definition) is 2. The predicted octanol–water partition coefficient (Wildman–Crippen LogP) is -0.286. The molecular formula is C14H16N6O3. The van der Waals surface area contributed by atoms with E-state index in [4.69, 9.17) is 0 Å². The zero-order valence-electron chi connectivity index (χ0n) is 12.7. The van der Waals surface area contributed by atoms with Gasteiger partial charge in [0.25, 0.3) is 5.91 Å². The standard InChI is InChI=1S/C14H16N6O3/c1-18-12-11(13(22)19(2)14(18)23)20(8-16-12)7-10(21)17-9-4-3-5-15-6-9/h3-6,8,14,23H,7H2,1-2H3,(H,17,21). The maximum atomic E-state index is 12.3. The fourth-order valence-corrected chi connectivity index (χ4v) is 2.40. The third-order valence-corrected chi connectivity index (χ3v) is 3.63. The molecule has 1 unspecified atom stereocenters. The number of carbonyl (C=O) groups is 2. The highest BCUT2D eigenvalue weighted by molar-refractivity contribution is 6.00. The number of nitrogens with zero attached hydrogens (tertiary/aromatic N) is 5. The molecule has 3 rings (SSSR count). The van der Waals surface area contributed by atoms with Crippen molar-refractivity contribution in [3.05, 3.63) is 36.5 Å². The van der Waals surface area contributed by atoms with Crippen molar-refractivity contribution < 1.29 is 14.7 Å². The van der Waals surface area contributed by atoms with E-state index in [1.165, 1.54) is 33.9 Å². The Hall–Kier alpha value is -2.94. The van der Waals surface area contributed by atoms with Crippen LogP contribution in [-0.2, 0) is 11.3 Å². The van der Waals surface area contributed by atoms with E-state index in [1.807, 2.05) is 0 Å². The largest absolute Gasteiger partial charge is 0.356 e. The van der Waals surface area contributed by atoms with Gasteiger partial charge in [-0.3, -0.25) is 19.5 Å². The fraction of sp³-hybridized carbons (Fsp3) is 0.286. The van der Waals surface area contributed by atoms with Gasteiger partial charge in [-0.05, 0) is 12.1 Å². The Morgan fingerprint density at radius 2 is 2.17 bits per heavy atom. The number of carbonyl (C=O) groups excluding carboxylic acids is 2. The van der Waals surface area contributed by atoms with E-state index in [-0.39, 0.29) is 18.1 Å². The SMILES string of the molecule is CN1C(=O)c2c(ncn2CC(=O)Nc2cccnc2)N(C)C1O. The Balaban J connectivity index is 1.82. The number of nitrogens with one attached hydrogen (secondary N) is 1. The van der Waals surface area contributed by atoms with Crippen molar-refractivity contribution >= 4 is 23.3 Å². The van der Waals surface area contributed by atoms with Crippen molar-refractivity contribution in [3.63, 3.8) is 0 Å². The van der Waals surface area contributed by atoms with Crippen LogP contribution in [0.3, 0.4) is 0 Å². The lowest BCUT2D eigenvalue weighted by atomic mass is 10.3. The molecule has 1 aliphatic heterocycles. The van der Waals surface area contributed by atoms with Crippen LogP contribution < -0.4 is 10.2 Å². The van der Waals surface area contributed by atoms with Gasteiger partial charge in [0, 0.05) is 20.3 Å². The molecule has 2 N–H and O–H groups in total. The first-order valence-electron chi connectivity index (χ1n) is 6.92. The molecule has 3 heterocycles. The van der Waals surface area contributed by atoms with Crippen molar-refractivity contribution in [2.24, 2.45) is 0 Å². The van der Waals surface area contributed by atoms with Crippen LogP contribution in [0.4, 0.5) is 11.5 Å². The molecule has 0 bridgehead atoms. The van der Waals surface area contributed by atoms with Crippen molar-refractivity contribution in [3.8, 4) is 0 Å². The summed E-state index contributed by atoms with van der Waals surface area (Å²) in [6.07, 6.45) is 3.47. The Labute approximate surface area is 132 Å². The maximum Gasteiger partial charge on any atom is 0.277 e. The lowest BCUT2D eigenvalue weighted by molar-refractivity contribution is -0.116. The van der Waals surface area contributed by atoms with E-state index < -0.39 is 12.3 Å². The molecule has 0 radical (unpaired) electrons. The lowest BCUT2D eigenvalue weighted by Crippen LogP contribution is -2.52. The number of rotatable bonds is 3. The number of hydrogen-bond acceptors (Lipinski definition) is 6.